The lowest BCUT2D eigenvalue weighted by Gasteiger charge is -1.98. The summed E-state index contributed by atoms with van der Waals surface area (Å²) in [5.41, 5.74) is 1.01. The Hall–Kier alpha value is -2.24. The molecule has 0 amide bonds. The van der Waals surface area contributed by atoms with Crippen molar-refractivity contribution in [3.8, 4) is 11.5 Å². The van der Waals surface area contributed by atoms with Crippen molar-refractivity contribution >= 4 is 5.97 Å². The van der Waals surface area contributed by atoms with E-state index in [2.05, 4.69) is 14.9 Å². The van der Waals surface area contributed by atoms with Crippen LogP contribution in [0.5, 0.6) is 0 Å². The molecule has 0 bridgehead atoms. The number of hydrogen-bond acceptors (Lipinski definition) is 5. The Morgan fingerprint density at radius 1 is 1.41 bits per heavy atom. The molecular formula is C11H9FN2O3. The molecule has 1 heterocycles. The van der Waals surface area contributed by atoms with Crippen LogP contribution in [0.3, 0.4) is 0 Å². The van der Waals surface area contributed by atoms with E-state index >= 15 is 0 Å². The van der Waals surface area contributed by atoms with Crippen molar-refractivity contribution < 1.29 is 18.3 Å². The summed E-state index contributed by atoms with van der Waals surface area (Å²) in [4.78, 5) is 11.1. The third kappa shape index (κ3) is 2.15. The minimum absolute atomic E-state index is 0.0494. The van der Waals surface area contributed by atoms with E-state index in [1.807, 2.05) is 0 Å². The number of carbonyl (C=O) groups excluding carboxylic acids is 1. The molecule has 0 aliphatic heterocycles. The summed E-state index contributed by atoms with van der Waals surface area (Å²) in [7, 11) is 1.19. The maximum atomic E-state index is 13.5. The average molecular weight is 236 g/mol. The van der Waals surface area contributed by atoms with E-state index in [4.69, 9.17) is 4.42 Å². The van der Waals surface area contributed by atoms with E-state index in [1.165, 1.54) is 13.2 Å². The summed E-state index contributed by atoms with van der Waals surface area (Å²) < 4.78 is 22.9. The van der Waals surface area contributed by atoms with Crippen molar-refractivity contribution in [2.45, 2.75) is 6.92 Å². The smallest absolute Gasteiger partial charge is 0.396 e. The summed E-state index contributed by atoms with van der Waals surface area (Å²) >= 11 is 0. The number of esters is 1. The van der Waals surface area contributed by atoms with Crippen LogP contribution in [-0.2, 0) is 4.74 Å². The molecule has 0 radical (unpaired) electrons. The van der Waals surface area contributed by atoms with Crippen LogP contribution in [-0.4, -0.2) is 23.3 Å². The van der Waals surface area contributed by atoms with Crippen molar-refractivity contribution in [1.29, 1.82) is 0 Å². The molecule has 88 valence electrons. The molecule has 0 aliphatic rings. The number of rotatable bonds is 2. The van der Waals surface area contributed by atoms with Gasteiger partial charge in [-0.1, -0.05) is 11.6 Å². The highest BCUT2D eigenvalue weighted by Crippen LogP contribution is 2.22. The van der Waals surface area contributed by atoms with Gasteiger partial charge in [-0.2, -0.15) is 0 Å². The van der Waals surface area contributed by atoms with Gasteiger partial charge < -0.3 is 9.15 Å². The van der Waals surface area contributed by atoms with Crippen molar-refractivity contribution in [1.82, 2.24) is 10.2 Å². The number of benzene rings is 1. The number of aromatic nitrogens is 2. The summed E-state index contributed by atoms with van der Waals surface area (Å²) in [6, 6.07) is 4.48. The van der Waals surface area contributed by atoms with Crippen LogP contribution in [0.25, 0.3) is 11.5 Å². The van der Waals surface area contributed by atoms with Gasteiger partial charge in [0.15, 0.2) is 0 Å². The van der Waals surface area contributed by atoms with E-state index in [-0.39, 0.29) is 17.3 Å². The molecule has 1 aromatic carbocycles. The third-order valence-corrected chi connectivity index (χ3v) is 2.14. The quantitative estimate of drug-likeness (QED) is 0.746. The van der Waals surface area contributed by atoms with E-state index in [0.717, 1.165) is 5.56 Å². The Labute approximate surface area is 96.2 Å². The van der Waals surface area contributed by atoms with Crippen LogP contribution in [0.15, 0.2) is 22.6 Å². The highest BCUT2D eigenvalue weighted by Gasteiger charge is 2.18. The highest BCUT2D eigenvalue weighted by atomic mass is 19.1. The largest absolute Gasteiger partial charge is 0.462 e. The van der Waals surface area contributed by atoms with Crippen LogP contribution in [0.2, 0.25) is 0 Å². The lowest BCUT2D eigenvalue weighted by Crippen LogP contribution is -2.00. The number of nitrogens with zero attached hydrogens (tertiary/aromatic N) is 2. The van der Waals surface area contributed by atoms with E-state index in [0.29, 0.717) is 0 Å². The van der Waals surface area contributed by atoms with Gasteiger partial charge in [0.25, 0.3) is 5.89 Å². The highest BCUT2D eigenvalue weighted by molar-refractivity contribution is 5.84. The molecule has 1 aromatic heterocycles. The van der Waals surface area contributed by atoms with Gasteiger partial charge >= 0.3 is 11.9 Å². The molecule has 0 N–H and O–H groups in total. The molecule has 0 saturated carbocycles. The fraction of sp³-hybridized carbons (Fsp3) is 0.182. The molecule has 0 aliphatic carbocycles. The average Bonchev–Trinajstić information content (AvgIpc) is 2.80. The van der Waals surface area contributed by atoms with Gasteiger partial charge in [0.05, 0.1) is 12.7 Å². The maximum absolute atomic E-state index is 13.5. The molecular weight excluding hydrogens is 227 g/mol. The number of halogens is 1. The number of hydrogen-bond donors (Lipinski definition) is 0. The van der Waals surface area contributed by atoms with Gasteiger partial charge in [-0.05, 0) is 19.1 Å². The second-order valence-electron chi connectivity index (χ2n) is 3.39. The van der Waals surface area contributed by atoms with Crippen molar-refractivity contribution in [3.05, 3.63) is 35.5 Å². The monoisotopic (exact) mass is 236 g/mol. The van der Waals surface area contributed by atoms with Gasteiger partial charge in [-0.25, -0.2) is 9.18 Å². The molecule has 0 unspecified atom stereocenters. The third-order valence-electron chi connectivity index (χ3n) is 2.14. The topological polar surface area (TPSA) is 65.2 Å². The van der Waals surface area contributed by atoms with Crippen molar-refractivity contribution in [3.63, 3.8) is 0 Å². The number of aryl methyl sites for hydroxylation is 1. The molecule has 6 heteroatoms. The second-order valence-corrected chi connectivity index (χ2v) is 3.39. The Morgan fingerprint density at radius 2 is 2.18 bits per heavy atom. The first-order chi connectivity index (χ1) is 8.11. The Bertz CT molecular complexity index is 566. The predicted octanol–water partition coefficient (Wildman–Crippen LogP) is 1.97. The molecule has 17 heavy (non-hydrogen) atoms. The summed E-state index contributed by atoms with van der Waals surface area (Å²) in [6.07, 6.45) is 0. The number of methoxy groups -OCH3 is 1. The van der Waals surface area contributed by atoms with Crippen LogP contribution >= 0.6 is 0 Å². The molecule has 0 saturated heterocycles. The normalized spacial score (nSPS) is 10.3. The maximum Gasteiger partial charge on any atom is 0.396 e. The molecule has 2 rings (SSSR count). The van der Waals surface area contributed by atoms with E-state index in [9.17, 15) is 9.18 Å². The van der Waals surface area contributed by atoms with E-state index in [1.54, 1.807) is 19.1 Å². The number of ether oxygens (including phenoxy) is 1. The minimum Gasteiger partial charge on any atom is -0.462 e. The SMILES string of the molecule is COC(=O)c1nnc(-c2cc(C)ccc2F)o1. The van der Waals surface area contributed by atoms with Gasteiger partial charge in [-0.15, -0.1) is 10.2 Å². The standard InChI is InChI=1S/C11H9FN2O3/c1-6-3-4-8(12)7(5-6)9-13-14-10(17-9)11(15)16-2/h3-5H,1-2H3. The Balaban J connectivity index is 2.43. The van der Waals surface area contributed by atoms with Gasteiger partial charge in [0.1, 0.15) is 5.82 Å². The lowest BCUT2D eigenvalue weighted by molar-refractivity contribution is 0.0556. The molecule has 2 aromatic rings. The van der Waals surface area contributed by atoms with Crippen LogP contribution in [0.1, 0.15) is 16.2 Å². The fourth-order valence-electron chi connectivity index (χ4n) is 1.30. The zero-order chi connectivity index (χ0) is 12.4. The van der Waals surface area contributed by atoms with Gasteiger partial charge in [0.2, 0.25) is 0 Å². The first kappa shape index (κ1) is 11.3. The minimum atomic E-state index is -0.753. The van der Waals surface area contributed by atoms with Crippen molar-refractivity contribution in [2.75, 3.05) is 7.11 Å². The van der Waals surface area contributed by atoms with E-state index < -0.39 is 11.8 Å². The van der Waals surface area contributed by atoms with Gasteiger partial charge in [-0.3, -0.25) is 0 Å². The summed E-state index contributed by atoms with van der Waals surface area (Å²) in [5.74, 6) is -1.59. The first-order valence-electron chi connectivity index (χ1n) is 4.80. The zero-order valence-electron chi connectivity index (χ0n) is 9.23. The Morgan fingerprint density at radius 3 is 2.88 bits per heavy atom. The van der Waals surface area contributed by atoms with Crippen LogP contribution in [0, 0.1) is 12.7 Å². The Kier molecular flexibility index (Phi) is 2.86. The number of carbonyl (C=O) groups is 1. The fourth-order valence-corrected chi connectivity index (χ4v) is 1.30. The zero-order valence-corrected chi connectivity index (χ0v) is 9.23. The van der Waals surface area contributed by atoms with Gasteiger partial charge in [0, 0.05) is 0 Å². The lowest BCUT2D eigenvalue weighted by atomic mass is 10.1. The summed E-state index contributed by atoms with van der Waals surface area (Å²) in [6.45, 7) is 1.81. The first-order valence-corrected chi connectivity index (χ1v) is 4.80. The molecule has 0 fully saturated rings. The van der Waals surface area contributed by atoms with Crippen molar-refractivity contribution in [2.24, 2.45) is 0 Å². The molecule has 0 spiro atoms. The van der Waals surface area contributed by atoms with Crippen LogP contribution in [0.4, 0.5) is 4.39 Å². The van der Waals surface area contributed by atoms with Crippen LogP contribution < -0.4 is 0 Å². The molecule has 5 nitrogen and oxygen atoms in total. The molecule has 0 atom stereocenters. The predicted molar refractivity (Wildman–Crippen MR) is 55.8 cm³/mol. The summed E-state index contributed by atoms with van der Waals surface area (Å²) in [5, 5.41) is 7.08. The second kappa shape index (κ2) is 4.32.